The van der Waals surface area contributed by atoms with Crippen molar-refractivity contribution in [1.82, 2.24) is 0 Å². The van der Waals surface area contributed by atoms with Crippen molar-refractivity contribution in [2.24, 2.45) is 0 Å². The van der Waals surface area contributed by atoms with E-state index in [0.29, 0.717) is 6.42 Å². The van der Waals surface area contributed by atoms with Crippen molar-refractivity contribution >= 4 is 5.97 Å². The number of hydrogen-bond acceptors (Lipinski definition) is 3. The van der Waals surface area contributed by atoms with Crippen molar-refractivity contribution in [3.8, 4) is 5.75 Å². The zero-order valence-corrected chi connectivity index (χ0v) is 9.40. The average Bonchev–Trinajstić information content (AvgIpc) is 2.25. The predicted octanol–water partition coefficient (Wildman–Crippen LogP) is 2.44. The Labute approximate surface area is 95.4 Å². The largest absolute Gasteiger partial charge is 0.508 e. The first-order chi connectivity index (χ1) is 7.59. The third-order valence-corrected chi connectivity index (χ3v) is 2.07. The van der Waals surface area contributed by atoms with Gasteiger partial charge in [-0.25, -0.2) is 0 Å². The van der Waals surface area contributed by atoms with Crippen LogP contribution in [0, 0.1) is 0 Å². The molecule has 0 fully saturated rings. The number of rotatable bonds is 5. The van der Waals surface area contributed by atoms with Crippen LogP contribution in [0.25, 0.3) is 0 Å². The molecule has 0 aromatic heterocycles. The number of carbonyl (C=O) groups excluding carboxylic acids is 1. The average molecular weight is 220 g/mol. The quantitative estimate of drug-likeness (QED) is 0.612. The maximum Gasteiger partial charge on any atom is 0.306 e. The number of phenolic OH excluding ortho intramolecular Hbond substituents is 1. The molecule has 0 saturated heterocycles. The molecule has 0 aliphatic rings. The molecule has 0 heterocycles. The molecule has 1 rings (SSSR count). The minimum absolute atomic E-state index is 0.218. The van der Waals surface area contributed by atoms with Crippen molar-refractivity contribution in [2.45, 2.75) is 19.8 Å². The molecule has 3 nitrogen and oxygen atoms in total. The normalized spacial score (nSPS) is 9.81. The van der Waals surface area contributed by atoms with Gasteiger partial charge in [-0.3, -0.25) is 4.79 Å². The molecule has 0 unspecified atom stereocenters. The van der Waals surface area contributed by atoms with Gasteiger partial charge in [0.15, 0.2) is 0 Å². The fourth-order valence-corrected chi connectivity index (χ4v) is 1.23. The maximum absolute atomic E-state index is 11.3. The molecular weight excluding hydrogens is 204 g/mol. The third kappa shape index (κ3) is 4.17. The summed E-state index contributed by atoms with van der Waals surface area (Å²) in [4.78, 5) is 11.3. The van der Waals surface area contributed by atoms with E-state index in [4.69, 9.17) is 4.74 Å². The molecule has 0 radical (unpaired) electrons. The Hall–Kier alpha value is -1.77. The van der Waals surface area contributed by atoms with Gasteiger partial charge >= 0.3 is 5.97 Å². The van der Waals surface area contributed by atoms with Gasteiger partial charge in [0, 0.05) is 6.42 Å². The lowest BCUT2D eigenvalue weighted by Crippen LogP contribution is -2.07. The first-order valence-electron chi connectivity index (χ1n) is 5.16. The molecule has 1 aromatic rings. The van der Waals surface area contributed by atoms with E-state index in [9.17, 15) is 9.90 Å². The summed E-state index contributed by atoms with van der Waals surface area (Å²) in [6, 6.07) is 6.97. The summed E-state index contributed by atoms with van der Waals surface area (Å²) in [6.45, 7) is 5.71. The van der Waals surface area contributed by atoms with E-state index in [1.165, 1.54) is 0 Å². The Balaban J connectivity index is 2.37. The van der Waals surface area contributed by atoms with E-state index < -0.39 is 0 Å². The van der Waals surface area contributed by atoms with Gasteiger partial charge in [0.05, 0.1) is 0 Å². The number of para-hydroxylation sites is 1. The molecule has 16 heavy (non-hydrogen) atoms. The van der Waals surface area contributed by atoms with Crippen LogP contribution in [0.2, 0.25) is 0 Å². The molecule has 0 aliphatic carbocycles. The molecule has 0 atom stereocenters. The summed E-state index contributed by atoms with van der Waals surface area (Å²) in [7, 11) is 0. The smallest absolute Gasteiger partial charge is 0.306 e. The van der Waals surface area contributed by atoms with Gasteiger partial charge in [-0.2, -0.15) is 0 Å². The number of phenols is 1. The number of aromatic hydroxyl groups is 1. The van der Waals surface area contributed by atoms with E-state index in [1.54, 1.807) is 25.1 Å². The second-order valence-corrected chi connectivity index (χ2v) is 3.75. The fourth-order valence-electron chi connectivity index (χ4n) is 1.23. The third-order valence-electron chi connectivity index (χ3n) is 2.07. The summed E-state index contributed by atoms with van der Waals surface area (Å²) in [6.07, 6.45) is 0.756. The molecule has 0 saturated carbocycles. The van der Waals surface area contributed by atoms with Gasteiger partial charge in [0.2, 0.25) is 0 Å². The summed E-state index contributed by atoms with van der Waals surface area (Å²) >= 11 is 0. The Morgan fingerprint density at radius 1 is 1.44 bits per heavy atom. The summed E-state index contributed by atoms with van der Waals surface area (Å²) in [5, 5.41) is 9.48. The highest BCUT2D eigenvalue weighted by molar-refractivity contribution is 5.70. The number of carbonyl (C=O) groups is 1. The first-order valence-corrected chi connectivity index (χ1v) is 5.16. The molecule has 0 aliphatic heterocycles. The second-order valence-electron chi connectivity index (χ2n) is 3.75. The highest BCUT2D eigenvalue weighted by Gasteiger charge is 2.06. The zero-order chi connectivity index (χ0) is 12.0. The molecular formula is C13H16O3. The van der Waals surface area contributed by atoms with Gasteiger partial charge in [0.25, 0.3) is 0 Å². The summed E-state index contributed by atoms with van der Waals surface area (Å²) in [5.41, 5.74) is 1.57. The van der Waals surface area contributed by atoms with Crippen molar-refractivity contribution in [2.75, 3.05) is 6.61 Å². The Morgan fingerprint density at radius 2 is 2.12 bits per heavy atom. The van der Waals surface area contributed by atoms with Crippen LogP contribution in [0.15, 0.2) is 36.4 Å². The fraction of sp³-hybridized carbons (Fsp3) is 0.308. The van der Waals surface area contributed by atoms with Crippen LogP contribution in [0.5, 0.6) is 5.75 Å². The van der Waals surface area contributed by atoms with Gasteiger partial charge in [0.1, 0.15) is 12.4 Å². The number of aryl methyl sites for hydroxylation is 1. The standard InChI is InChI=1S/C13H16O3/c1-10(2)9-16-13(15)8-7-11-5-3-4-6-12(11)14/h3-6,14H,1,7-9H2,2H3. The number of esters is 1. The summed E-state index contributed by atoms with van der Waals surface area (Å²) in [5.74, 6) is -0.0542. The van der Waals surface area contributed by atoms with E-state index in [2.05, 4.69) is 6.58 Å². The van der Waals surface area contributed by atoms with E-state index >= 15 is 0 Å². The summed E-state index contributed by atoms with van der Waals surface area (Å²) < 4.78 is 4.94. The van der Waals surface area contributed by atoms with Crippen LogP contribution < -0.4 is 0 Å². The van der Waals surface area contributed by atoms with E-state index in [0.717, 1.165) is 11.1 Å². The lowest BCUT2D eigenvalue weighted by molar-refractivity contribution is -0.142. The Bertz CT molecular complexity index is 383. The van der Waals surface area contributed by atoms with Crippen molar-refractivity contribution < 1.29 is 14.6 Å². The lowest BCUT2D eigenvalue weighted by atomic mass is 10.1. The molecule has 1 N–H and O–H groups in total. The van der Waals surface area contributed by atoms with E-state index in [1.807, 2.05) is 6.07 Å². The topological polar surface area (TPSA) is 46.5 Å². The minimum atomic E-state index is -0.272. The van der Waals surface area contributed by atoms with Crippen molar-refractivity contribution in [1.29, 1.82) is 0 Å². The number of hydrogen-bond donors (Lipinski definition) is 1. The molecule has 1 aromatic carbocycles. The molecule has 0 amide bonds. The lowest BCUT2D eigenvalue weighted by Gasteiger charge is -2.05. The van der Waals surface area contributed by atoms with Crippen LogP contribution in [0.4, 0.5) is 0 Å². The predicted molar refractivity (Wildman–Crippen MR) is 62.2 cm³/mol. The minimum Gasteiger partial charge on any atom is -0.508 e. The van der Waals surface area contributed by atoms with Crippen LogP contribution in [-0.2, 0) is 16.0 Å². The van der Waals surface area contributed by atoms with Gasteiger partial charge in [-0.15, -0.1) is 0 Å². The van der Waals surface area contributed by atoms with Gasteiger partial charge in [-0.05, 0) is 30.5 Å². The van der Waals surface area contributed by atoms with E-state index in [-0.39, 0.29) is 24.7 Å². The molecule has 3 heteroatoms. The van der Waals surface area contributed by atoms with Crippen molar-refractivity contribution in [3.63, 3.8) is 0 Å². The van der Waals surface area contributed by atoms with Gasteiger partial charge < -0.3 is 9.84 Å². The number of benzene rings is 1. The Morgan fingerprint density at radius 3 is 2.75 bits per heavy atom. The van der Waals surface area contributed by atoms with Crippen LogP contribution in [0.1, 0.15) is 18.9 Å². The second kappa shape index (κ2) is 5.95. The van der Waals surface area contributed by atoms with Crippen LogP contribution in [0.3, 0.4) is 0 Å². The molecule has 0 spiro atoms. The SMILES string of the molecule is C=C(C)COC(=O)CCc1ccccc1O. The first kappa shape index (κ1) is 12.3. The van der Waals surface area contributed by atoms with Gasteiger partial charge in [-0.1, -0.05) is 24.8 Å². The highest BCUT2D eigenvalue weighted by Crippen LogP contribution is 2.17. The van der Waals surface area contributed by atoms with Crippen LogP contribution >= 0.6 is 0 Å². The molecule has 86 valence electrons. The monoisotopic (exact) mass is 220 g/mol. The maximum atomic E-state index is 11.3. The highest BCUT2D eigenvalue weighted by atomic mass is 16.5. The number of ether oxygens (including phenoxy) is 1. The van der Waals surface area contributed by atoms with Crippen LogP contribution in [-0.4, -0.2) is 17.7 Å². The van der Waals surface area contributed by atoms with Crippen molar-refractivity contribution in [3.05, 3.63) is 42.0 Å². The Kier molecular flexibility index (Phi) is 4.58. The molecule has 0 bridgehead atoms. The zero-order valence-electron chi connectivity index (χ0n) is 9.40.